The van der Waals surface area contributed by atoms with Gasteiger partial charge in [0.05, 0.1) is 0 Å². The van der Waals surface area contributed by atoms with Crippen LogP contribution in [-0.4, -0.2) is 40.7 Å². The van der Waals surface area contributed by atoms with E-state index in [1.807, 2.05) is 24.3 Å². The molecule has 1 heterocycles. The average molecular weight is 336 g/mol. The molecule has 0 N–H and O–H groups in total. The van der Waals surface area contributed by atoms with E-state index in [2.05, 4.69) is 44.9 Å². The molecule has 25 heavy (non-hydrogen) atoms. The van der Waals surface area contributed by atoms with Gasteiger partial charge < -0.3 is 4.90 Å². The van der Waals surface area contributed by atoms with E-state index in [9.17, 15) is 9.59 Å². The molecule has 3 rings (SSSR count). The number of amides is 2. The number of rotatable bonds is 4. The third-order valence-electron chi connectivity index (χ3n) is 4.76. The van der Waals surface area contributed by atoms with Crippen LogP contribution in [0.5, 0.6) is 0 Å². The van der Waals surface area contributed by atoms with Gasteiger partial charge >= 0.3 is 0 Å². The second kappa shape index (κ2) is 6.36. The van der Waals surface area contributed by atoms with Gasteiger partial charge in [-0.05, 0) is 56.9 Å². The third-order valence-corrected chi connectivity index (χ3v) is 4.76. The molecule has 2 amide bonds. The van der Waals surface area contributed by atoms with Gasteiger partial charge in [-0.3, -0.25) is 14.5 Å². The van der Waals surface area contributed by atoms with Crippen LogP contribution < -0.4 is 0 Å². The van der Waals surface area contributed by atoms with E-state index >= 15 is 0 Å². The molecule has 2 aromatic carbocycles. The molecule has 0 bridgehead atoms. The smallest absolute Gasteiger partial charge is 0.261 e. The van der Waals surface area contributed by atoms with Crippen LogP contribution in [0.4, 0.5) is 0 Å². The summed E-state index contributed by atoms with van der Waals surface area (Å²) in [5.74, 6) is -0.481. The Hall–Kier alpha value is -2.62. The zero-order chi connectivity index (χ0) is 18.3. The third kappa shape index (κ3) is 2.82. The second-order valence-corrected chi connectivity index (χ2v) is 7.05. The van der Waals surface area contributed by atoms with Gasteiger partial charge in [0.25, 0.3) is 11.8 Å². The van der Waals surface area contributed by atoms with Crippen LogP contribution in [-0.2, 0) is 0 Å². The summed E-state index contributed by atoms with van der Waals surface area (Å²) in [7, 11) is 1.53. The Morgan fingerprint density at radius 2 is 1.52 bits per heavy atom. The quantitative estimate of drug-likeness (QED) is 0.787. The zero-order valence-corrected chi connectivity index (χ0v) is 15.4. The maximum Gasteiger partial charge on any atom is 0.261 e. The highest BCUT2D eigenvalue weighted by Gasteiger charge is 2.30. The fourth-order valence-corrected chi connectivity index (χ4v) is 3.49. The Balaban J connectivity index is 2.16. The summed E-state index contributed by atoms with van der Waals surface area (Å²) in [4.78, 5) is 28.4. The van der Waals surface area contributed by atoms with Crippen LogP contribution in [0.2, 0.25) is 0 Å². The number of carbonyl (C=O) groups excluding carboxylic acids is 2. The van der Waals surface area contributed by atoms with Crippen LogP contribution in [0.1, 0.15) is 54.0 Å². The van der Waals surface area contributed by atoms with Crippen LogP contribution in [0.3, 0.4) is 0 Å². The van der Waals surface area contributed by atoms with Crippen molar-refractivity contribution in [3.8, 4) is 0 Å². The maximum atomic E-state index is 12.4. The van der Waals surface area contributed by atoms with E-state index in [1.165, 1.54) is 11.9 Å². The van der Waals surface area contributed by atoms with E-state index in [4.69, 9.17) is 0 Å². The average Bonchev–Trinajstić information content (AvgIpc) is 2.57. The molecule has 0 unspecified atom stereocenters. The van der Waals surface area contributed by atoms with E-state index in [1.54, 1.807) is 6.07 Å². The first-order valence-electron chi connectivity index (χ1n) is 8.66. The highest BCUT2D eigenvalue weighted by atomic mass is 16.2. The SMILES string of the molecule is CC(C)N(/C=C/c1ccc2c3c(cccc13)C(=O)N(C)C2=O)C(C)C. The highest BCUT2D eigenvalue weighted by molar-refractivity contribution is 6.26. The van der Waals surface area contributed by atoms with Crippen molar-refractivity contribution in [2.24, 2.45) is 0 Å². The van der Waals surface area contributed by atoms with E-state index in [0.717, 1.165) is 16.3 Å². The molecule has 2 aromatic rings. The van der Waals surface area contributed by atoms with Crippen LogP contribution in [0.25, 0.3) is 16.8 Å². The van der Waals surface area contributed by atoms with Gasteiger partial charge in [0.1, 0.15) is 0 Å². The first-order chi connectivity index (χ1) is 11.8. The molecule has 4 nitrogen and oxygen atoms in total. The topological polar surface area (TPSA) is 40.6 Å². The van der Waals surface area contributed by atoms with Crippen LogP contribution >= 0.6 is 0 Å². The lowest BCUT2D eigenvalue weighted by atomic mass is 9.91. The van der Waals surface area contributed by atoms with Crippen molar-refractivity contribution in [2.45, 2.75) is 39.8 Å². The minimum atomic E-state index is -0.241. The lowest BCUT2D eigenvalue weighted by Crippen LogP contribution is -2.36. The standard InChI is InChI=1S/C21H24N2O2/c1-13(2)23(14(3)4)12-11-15-9-10-18-19-16(15)7-6-8-17(19)20(24)22(5)21(18)25/h6-14H,1-5H3/b12-11+. The van der Waals surface area contributed by atoms with Gasteiger partial charge in [-0.15, -0.1) is 0 Å². The number of imide groups is 1. The van der Waals surface area contributed by atoms with Gasteiger partial charge in [-0.25, -0.2) is 0 Å². The molecule has 0 fully saturated rings. The van der Waals surface area contributed by atoms with Gasteiger partial charge in [-0.1, -0.05) is 18.2 Å². The minimum Gasteiger partial charge on any atom is -0.373 e. The molecular formula is C21H24N2O2. The minimum absolute atomic E-state index is 0.241. The molecule has 1 aliphatic heterocycles. The van der Waals surface area contributed by atoms with Gasteiger partial charge in [0.15, 0.2) is 0 Å². The lowest BCUT2D eigenvalue weighted by Gasteiger charge is -2.29. The van der Waals surface area contributed by atoms with Crippen molar-refractivity contribution in [1.29, 1.82) is 0 Å². The fraction of sp³-hybridized carbons (Fsp3) is 0.333. The molecule has 0 saturated carbocycles. The summed E-state index contributed by atoms with van der Waals surface area (Å²) in [6, 6.07) is 10.2. The van der Waals surface area contributed by atoms with Crippen LogP contribution in [0.15, 0.2) is 36.5 Å². The summed E-state index contributed by atoms with van der Waals surface area (Å²) in [5, 5.41) is 1.70. The number of carbonyl (C=O) groups is 2. The van der Waals surface area contributed by atoms with Crippen molar-refractivity contribution < 1.29 is 9.59 Å². The first-order valence-corrected chi connectivity index (χ1v) is 8.66. The molecule has 0 radical (unpaired) electrons. The van der Waals surface area contributed by atoms with Crippen molar-refractivity contribution in [3.05, 3.63) is 53.2 Å². The van der Waals surface area contributed by atoms with Crippen LogP contribution in [0, 0.1) is 0 Å². The molecule has 0 aliphatic carbocycles. The van der Waals surface area contributed by atoms with E-state index in [-0.39, 0.29) is 11.8 Å². The zero-order valence-electron chi connectivity index (χ0n) is 15.4. The predicted molar refractivity (Wildman–Crippen MR) is 102 cm³/mol. The molecule has 0 saturated heterocycles. The molecule has 0 aromatic heterocycles. The Kier molecular flexibility index (Phi) is 4.38. The monoisotopic (exact) mass is 336 g/mol. The first kappa shape index (κ1) is 17.2. The van der Waals surface area contributed by atoms with Gasteiger partial charge in [-0.2, -0.15) is 0 Å². The van der Waals surface area contributed by atoms with Crippen molar-refractivity contribution in [2.75, 3.05) is 7.05 Å². The second-order valence-electron chi connectivity index (χ2n) is 7.05. The number of nitrogens with zero attached hydrogens (tertiary/aromatic N) is 2. The Morgan fingerprint density at radius 3 is 2.12 bits per heavy atom. The number of benzene rings is 2. The molecular weight excluding hydrogens is 312 g/mol. The van der Waals surface area contributed by atoms with Crippen molar-refractivity contribution in [1.82, 2.24) is 9.80 Å². The van der Waals surface area contributed by atoms with Gasteiger partial charge in [0.2, 0.25) is 0 Å². The Labute approximate surface area is 148 Å². The fourth-order valence-electron chi connectivity index (χ4n) is 3.49. The Morgan fingerprint density at radius 1 is 0.920 bits per heavy atom. The molecule has 0 atom stereocenters. The van der Waals surface area contributed by atoms with Crippen molar-refractivity contribution >= 4 is 28.7 Å². The summed E-state index contributed by atoms with van der Waals surface area (Å²) in [6.45, 7) is 8.65. The summed E-state index contributed by atoms with van der Waals surface area (Å²) >= 11 is 0. The summed E-state index contributed by atoms with van der Waals surface area (Å²) in [6.07, 6.45) is 4.16. The van der Waals surface area contributed by atoms with Crippen molar-refractivity contribution in [3.63, 3.8) is 0 Å². The number of hydrogen-bond donors (Lipinski definition) is 0. The van der Waals surface area contributed by atoms with E-state index in [0.29, 0.717) is 23.2 Å². The molecule has 0 spiro atoms. The predicted octanol–water partition coefficient (Wildman–Crippen LogP) is 4.16. The maximum absolute atomic E-state index is 12.4. The van der Waals surface area contributed by atoms with Gasteiger partial charge in [0, 0.05) is 41.8 Å². The molecule has 130 valence electrons. The van der Waals surface area contributed by atoms with E-state index < -0.39 is 0 Å². The Bertz CT molecular complexity index is 851. The summed E-state index contributed by atoms with van der Waals surface area (Å²) < 4.78 is 0. The normalized spacial score (nSPS) is 14.4. The molecule has 1 aliphatic rings. The highest BCUT2D eigenvalue weighted by Crippen LogP contribution is 2.32. The number of hydrogen-bond acceptors (Lipinski definition) is 3. The molecule has 4 heteroatoms. The largest absolute Gasteiger partial charge is 0.373 e. The lowest BCUT2D eigenvalue weighted by molar-refractivity contribution is 0.0650. The summed E-state index contributed by atoms with van der Waals surface area (Å²) in [5.41, 5.74) is 2.20.